The summed E-state index contributed by atoms with van der Waals surface area (Å²) in [6, 6.07) is 0. The third kappa shape index (κ3) is 3.93. The maximum absolute atomic E-state index is 11.8. The maximum atomic E-state index is 11.8. The number of sulfone groups is 1. The van der Waals surface area contributed by atoms with Gasteiger partial charge in [0.05, 0.1) is 5.75 Å². The molecule has 108 valence electrons. The molecule has 0 unspecified atom stereocenters. The lowest BCUT2D eigenvalue weighted by Crippen LogP contribution is -2.61. The van der Waals surface area contributed by atoms with Crippen molar-refractivity contribution in [2.24, 2.45) is 0 Å². The van der Waals surface area contributed by atoms with E-state index in [1.165, 1.54) is 0 Å². The second-order valence-corrected chi connectivity index (χ2v) is 7.55. The molecule has 1 fully saturated rings. The Bertz CT molecular complexity index is 337. The van der Waals surface area contributed by atoms with Gasteiger partial charge in [-0.2, -0.15) is 0 Å². The van der Waals surface area contributed by atoms with E-state index in [1.807, 2.05) is 6.92 Å². The van der Waals surface area contributed by atoms with E-state index in [1.54, 1.807) is 0 Å². The Labute approximate surface area is 112 Å². The molecule has 0 aromatic carbocycles. The quantitative estimate of drug-likeness (QED) is 0.761. The van der Waals surface area contributed by atoms with Crippen LogP contribution in [0.15, 0.2) is 0 Å². The molecule has 0 spiro atoms. The lowest BCUT2D eigenvalue weighted by molar-refractivity contribution is 0.0583. The SMILES string of the molecule is CCCS(=O)(=O)CCN1CCNCC1(CC)CC. The van der Waals surface area contributed by atoms with Crippen LogP contribution in [0.2, 0.25) is 0 Å². The number of rotatable bonds is 7. The molecule has 1 aliphatic rings. The summed E-state index contributed by atoms with van der Waals surface area (Å²) < 4.78 is 23.6. The highest BCUT2D eigenvalue weighted by molar-refractivity contribution is 7.91. The number of hydrogen-bond donors (Lipinski definition) is 1. The summed E-state index contributed by atoms with van der Waals surface area (Å²) in [5.74, 6) is 0.632. The zero-order chi connectivity index (χ0) is 13.6. The molecule has 1 rings (SSSR count). The molecule has 0 aliphatic carbocycles. The fourth-order valence-electron chi connectivity index (χ4n) is 2.84. The lowest BCUT2D eigenvalue weighted by atomic mass is 9.89. The molecule has 1 aliphatic heterocycles. The van der Waals surface area contributed by atoms with Crippen molar-refractivity contribution in [1.29, 1.82) is 0 Å². The van der Waals surface area contributed by atoms with E-state index >= 15 is 0 Å². The van der Waals surface area contributed by atoms with Gasteiger partial charge in [-0.3, -0.25) is 4.90 Å². The van der Waals surface area contributed by atoms with Crippen molar-refractivity contribution in [1.82, 2.24) is 10.2 Å². The molecule has 1 saturated heterocycles. The first-order valence-corrected chi connectivity index (χ1v) is 8.98. The average Bonchev–Trinajstić information content (AvgIpc) is 2.36. The second-order valence-electron chi connectivity index (χ2n) is 5.25. The monoisotopic (exact) mass is 276 g/mol. The van der Waals surface area contributed by atoms with Crippen molar-refractivity contribution in [2.75, 3.05) is 37.7 Å². The third-order valence-corrected chi connectivity index (χ3v) is 6.02. The predicted octanol–water partition coefficient (Wildman–Crippen LogP) is 1.28. The molecular formula is C13H28N2O2S. The van der Waals surface area contributed by atoms with Gasteiger partial charge in [-0.1, -0.05) is 20.8 Å². The largest absolute Gasteiger partial charge is 0.314 e. The fourth-order valence-corrected chi connectivity index (χ4v) is 4.17. The van der Waals surface area contributed by atoms with Crippen molar-refractivity contribution in [3.8, 4) is 0 Å². The molecule has 0 saturated carbocycles. The highest BCUT2D eigenvalue weighted by Gasteiger charge is 2.35. The van der Waals surface area contributed by atoms with Crippen LogP contribution in [0.25, 0.3) is 0 Å². The Hall–Kier alpha value is -0.130. The Kier molecular flexibility index (Phi) is 6.08. The normalized spacial score (nSPS) is 21.1. The first-order chi connectivity index (χ1) is 8.49. The molecule has 0 radical (unpaired) electrons. The average molecular weight is 276 g/mol. The van der Waals surface area contributed by atoms with Crippen LogP contribution in [0.4, 0.5) is 0 Å². The molecule has 0 bridgehead atoms. The van der Waals surface area contributed by atoms with Crippen molar-refractivity contribution in [2.45, 2.75) is 45.6 Å². The van der Waals surface area contributed by atoms with E-state index in [0.717, 1.165) is 38.9 Å². The molecule has 5 heteroatoms. The summed E-state index contributed by atoms with van der Waals surface area (Å²) in [7, 11) is -2.86. The van der Waals surface area contributed by atoms with E-state index < -0.39 is 9.84 Å². The van der Waals surface area contributed by atoms with Crippen molar-refractivity contribution in [3.63, 3.8) is 0 Å². The molecule has 18 heavy (non-hydrogen) atoms. The molecule has 1 N–H and O–H groups in total. The summed E-state index contributed by atoms with van der Waals surface area (Å²) in [5, 5.41) is 3.44. The summed E-state index contributed by atoms with van der Waals surface area (Å²) >= 11 is 0. The van der Waals surface area contributed by atoms with Crippen LogP contribution < -0.4 is 5.32 Å². The van der Waals surface area contributed by atoms with Crippen LogP contribution in [0.5, 0.6) is 0 Å². The van der Waals surface area contributed by atoms with Crippen molar-refractivity contribution < 1.29 is 8.42 Å². The molecule has 0 aromatic rings. The molecule has 0 amide bonds. The van der Waals surface area contributed by atoms with Gasteiger partial charge in [0, 0.05) is 37.5 Å². The van der Waals surface area contributed by atoms with Gasteiger partial charge in [0.15, 0.2) is 9.84 Å². The zero-order valence-electron chi connectivity index (χ0n) is 12.0. The summed E-state index contributed by atoms with van der Waals surface area (Å²) in [4.78, 5) is 2.39. The number of hydrogen-bond acceptors (Lipinski definition) is 4. The molecule has 0 atom stereocenters. The van der Waals surface area contributed by atoms with E-state index in [-0.39, 0.29) is 5.54 Å². The topological polar surface area (TPSA) is 49.4 Å². The van der Waals surface area contributed by atoms with Gasteiger partial charge in [0.1, 0.15) is 0 Å². The highest BCUT2D eigenvalue weighted by Crippen LogP contribution is 2.25. The van der Waals surface area contributed by atoms with E-state index in [2.05, 4.69) is 24.1 Å². The van der Waals surface area contributed by atoms with Gasteiger partial charge in [0.2, 0.25) is 0 Å². The number of piperazine rings is 1. The van der Waals surface area contributed by atoms with Crippen LogP contribution in [-0.2, 0) is 9.84 Å². The van der Waals surface area contributed by atoms with Gasteiger partial charge >= 0.3 is 0 Å². The Morgan fingerprint density at radius 3 is 2.39 bits per heavy atom. The van der Waals surface area contributed by atoms with E-state index in [9.17, 15) is 8.42 Å². The van der Waals surface area contributed by atoms with Gasteiger partial charge in [-0.05, 0) is 19.3 Å². The Morgan fingerprint density at radius 2 is 1.83 bits per heavy atom. The van der Waals surface area contributed by atoms with Crippen molar-refractivity contribution in [3.05, 3.63) is 0 Å². The van der Waals surface area contributed by atoms with Crippen LogP contribution in [0.3, 0.4) is 0 Å². The standard InChI is InChI=1S/C13H28N2O2S/c1-4-10-18(16,17)11-9-15-8-7-14-12-13(15,5-2)6-3/h14H,4-12H2,1-3H3. The molecule has 4 nitrogen and oxygen atoms in total. The first kappa shape index (κ1) is 15.9. The predicted molar refractivity (Wildman–Crippen MR) is 76.7 cm³/mol. The second kappa shape index (κ2) is 6.87. The van der Waals surface area contributed by atoms with Gasteiger partial charge in [-0.15, -0.1) is 0 Å². The minimum absolute atomic E-state index is 0.153. The highest BCUT2D eigenvalue weighted by atomic mass is 32.2. The van der Waals surface area contributed by atoms with Crippen LogP contribution in [0, 0.1) is 0 Å². The Balaban J connectivity index is 2.63. The fraction of sp³-hybridized carbons (Fsp3) is 1.00. The smallest absolute Gasteiger partial charge is 0.151 e. The summed E-state index contributed by atoms with van der Waals surface area (Å²) in [5.41, 5.74) is 0.153. The molecular weight excluding hydrogens is 248 g/mol. The Morgan fingerprint density at radius 1 is 1.17 bits per heavy atom. The third-order valence-electron chi connectivity index (χ3n) is 4.19. The summed E-state index contributed by atoms with van der Waals surface area (Å²) in [6.07, 6.45) is 2.87. The first-order valence-electron chi connectivity index (χ1n) is 7.16. The van der Waals surface area contributed by atoms with Crippen LogP contribution in [0.1, 0.15) is 40.0 Å². The molecule has 1 heterocycles. The van der Waals surface area contributed by atoms with Crippen molar-refractivity contribution >= 4 is 9.84 Å². The lowest BCUT2D eigenvalue weighted by Gasteiger charge is -2.47. The number of nitrogens with zero attached hydrogens (tertiary/aromatic N) is 1. The maximum Gasteiger partial charge on any atom is 0.151 e. The van der Waals surface area contributed by atoms with E-state index in [0.29, 0.717) is 18.1 Å². The van der Waals surface area contributed by atoms with Gasteiger partial charge < -0.3 is 5.32 Å². The zero-order valence-corrected chi connectivity index (χ0v) is 12.9. The minimum atomic E-state index is -2.86. The van der Waals surface area contributed by atoms with Crippen LogP contribution in [-0.4, -0.2) is 56.5 Å². The molecule has 0 aromatic heterocycles. The summed E-state index contributed by atoms with van der Waals surface area (Å²) in [6.45, 7) is 9.91. The van der Waals surface area contributed by atoms with Crippen LogP contribution >= 0.6 is 0 Å². The number of nitrogens with one attached hydrogen (secondary N) is 1. The minimum Gasteiger partial charge on any atom is -0.314 e. The van der Waals surface area contributed by atoms with Gasteiger partial charge in [0.25, 0.3) is 0 Å². The van der Waals surface area contributed by atoms with E-state index in [4.69, 9.17) is 0 Å². The van der Waals surface area contributed by atoms with Gasteiger partial charge in [-0.25, -0.2) is 8.42 Å².